The third-order valence-electron chi connectivity index (χ3n) is 3.49. The van der Waals surface area contributed by atoms with E-state index in [9.17, 15) is 4.79 Å². The number of rotatable bonds is 4. The van der Waals surface area contributed by atoms with Crippen molar-refractivity contribution in [2.75, 3.05) is 19.0 Å². The number of hydrogen-bond acceptors (Lipinski definition) is 4. The third kappa shape index (κ3) is 3.61. The SMILES string of the molecule is COc1ccc(NC(=O)OC2CCCC2CN)cc1. The molecule has 0 aromatic heterocycles. The molecule has 5 heteroatoms. The molecule has 1 saturated carbocycles. The molecule has 19 heavy (non-hydrogen) atoms. The van der Waals surface area contributed by atoms with Crippen molar-refractivity contribution in [2.24, 2.45) is 11.7 Å². The number of ether oxygens (including phenoxy) is 2. The van der Waals surface area contributed by atoms with Crippen LogP contribution in [0, 0.1) is 5.92 Å². The second-order valence-electron chi connectivity index (χ2n) is 4.72. The van der Waals surface area contributed by atoms with Crippen molar-refractivity contribution in [1.82, 2.24) is 0 Å². The topological polar surface area (TPSA) is 73.6 Å². The van der Waals surface area contributed by atoms with Crippen LogP contribution in [-0.2, 0) is 4.74 Å². The van der Waals surface area contributed by atoms with Crippen molar-refractivity contribution in [2.45, 2.75) is 25.4 Å². The fourth-order valence-electron chi connectivity index (χ4n) is 2.39. The highest BCUT2D eigenvalue weighted by Crippen LogP contribution is 2.27. The highest BCUT2D eigenvalue weighted by atomic mass is 16.6. The van der Waals surface area contributed by atoms with Crippen LogP contribution in [0.4, 0.5) is 10.5 Å². The van der Waals surface area contributed by atoms with Gasteiger partial charge in [-0.3, -0.25) is 5.32 Å². The van der Waals surface area contributed by atoms with E-state index in [4.69, 9.17) is 15.2 Å². The molecule has 1 aliphatic rings. The molecule has 3 N–H and O–H groups in total. The average Bonchev–Trinajstić information content (AvgIpc) is 2.86. The summed E-state index contributed by atoms with van der Waals surface area (Å²) in [7, 11) is 1.60. The van der Waals surface area contributed by atoms with Crippen LogP contribution in [0.3, 0.4) is 0 Å². The maximum atomic E-state index is 11.8. The number of carbonyl (C=O) groups is 1. The molecule has 2 unspecified atom stereocenters. The minimum Gasteiger partial charge on any atom is -0.497 e. The molecule has 0 radical (unpaired) electrons. The lowest BCUT2D eigenvalue weighted by molar-refractivity contribution is 0.0893. The Balaban J connectivity index is 1.86. The summed E-state index contributed by atoms with van der Waals surface area (Å²) in [4.78, 5) is 11.8. The monoisotopic (exact) mass is 264 g/mol. The first-order chi connectivity index (χ1) is 9.22. The Morgan fingerprint density at radius 3 is 2.74 bits per heavy atom. The second kappa shape index (κ2) is 6.43. The quantitative estimate of drug-likeness (QED) is 0.875. The Kier molecular flexibility index (Phi) is 4.63. The minimum atomic E-state index is -0.421. The standard InChI is InChI=1S/C14H20N2O3/c1-18-12-7-5-11(6-8-12)16-14(17)19-13-4-2-3-10(13)9-15/h5-8,10,13H,2-4,9,15H2,1H3,(H,16,17). The van der Waals surface area contributed by atoms with Crippen LogP contribution < -0.4 is 15.8 Å². The minimum absolute atomic E-state index is 0.0525. The lowest BCUT2D eigenvalue weighted by Gasteiger charge is -2.18. The molecule has 0 aliphatic heterocycles. The smallest absolute Gasteiger partial charge is 0.411 e. The van der Waals surface area contributed by atoms with Gasteiger partial charge < -0.3 is 15.2 Å². The van der Waals surface area contributed by atoms with Crippen molar-refractivity contribution >= 4 is 11.8 Å². The molecule has 0 bridgehead atoms. The maximum absolute atomic E-state index is 11.8. The predicted molar refractivity (Wildman–Crippen MR) is 73.3 cm³/mol. The van der Waals surface area contributed by atoms with Gasteiger partial charge in [0.05, 0.1) is 7.11 Å². The van der Waals surface area contributed by atoms with Gasteiger partial charge in [-0.15, -0.1) is 0 Å². The van der Waals surface area contributed by atoms with Crippen molar-refractivity contribution < 1.29 is 14.3 Å². The van der Waals surface area contributed by atoms with E-state index < -0.39 is 6.09 Å². The summed E-state index contributed by atoms with van der Waals surface area (Å²) in [5.74, 6) is 1.04. The Labute approximate surface area is 113 Å². The van der Waals surface area contributed by atoms with Crippen LogP contribution >= 0.6 is 0 Å². The average molecular weight is 264 g/mol. The predicted octanol–water partition coefficient (Wildman–Crippen LogP) is 2.37. The van der Waals surface area contributed by atoms with E-state index in [1.165, 1.54) is 0 Å². The van der Waals surface area contributed by atoms with Gasteiger partial charge in [-0.1, -0.05) is 0 Å². The fourth-order valence-corrected chi connectivity index (χ4v) is 2.39. The van der Waals surface area contributed by atoms with Crippen LogP contribution in [0.25, 0.3) is 0 Å². The molecular formula is C14H20N2O3. The molecule has 0 saturated heterocycles. The van der Waals surface area contributed by atoms with E-state index in [-0.39, 0.29) is 6.10 Å². The van der Waals surface area contributed by atoms with Crippen LogP contribution in [0.5, 0.6) is 5.75 Å². The summed E-state index contributed by atoms with van der Waals surface area (Å²) in [6.45, 7) is 0.570. The van der Waals surface area contributed by atoms with Gasteiger partial charge in [-0.05, 0) is 50.1 Å². The first-order valence-electron chi connectivity index (χ1n) is 6.54. The molecule has 1 fully saturated rings. The van der Waals surface area contributed by atoms with Crippen LogP contribution in [0.1, 0.15) is 19.3 Å². The number of methoxy groups -OCH3 is 1. The van der Waals surface area contributed by atoms with Gasteiger partial charge in [0.1, 0.15) is 11.9 Å². The molecule has 104 valence electrons. The highest BCUT2D eigenvalue weighted by Gasteiger charge is 2.29. The van der Waals surface area contributed by atoms with Crippen molar-refractivity contribution in [3.05, 3.63) is 24.3 Å². The van der Waals surface area contributed by atoms with Crippen molar-refractivity contribution in [1.29, 1.82) is 0 Å². The summed E-state index contributed by atoms with van der Waals surface area (Å²) in [6.07, 6.45) is 2.54. The number of nitrogens with one attached hydrogen (secondary N) is 1. The van der Waals surface area contributed by atoms with Crippen LogP contribution in [-0.4, -0.2) is 25.9 Å². The number of hydrogen-bond donors (Lipinski definition) is 2. The van der Waals surface area contributed by atoms with E-state index in [0.29, 0.717) is 18.2 Å². The zero-order chi connectivity index (χ0) is 13.7. The van der Waals surface area contributed by atoms with Gasteiger partial charge in [0, 0.05) is 11.6 Å². The van der Waals surface area contributed by atoms with Gasteiger partial charge >= 0.3 is 6.09 Å². The first kappa shape index (κ1) is 13.7. The molecule has 5 nitrogen and oxygen atoms in total. The highest BCUT2D eigenvalue weighted by molar-refractivity contribution is 5.84. The molecule has 1 aromatic carbocycles. The van der Waals surface area contributed by atoms with E-state index in [2.05, 4.69) is 5.32 Å². The molecule has 1 aliphatic carbocycles. The van der Waals surface area contributed by atoms with Gasteiger partial charge in [0.25, 0.3) is 0 Å². The number of benzene rings is 1. The van der Waals surface area contributed by atoms with Gasteiger partial charge in [-0.2, -0.15) is 0 Å². The molecule has 2 atom stereocenters. The number of amides is 1. The molecule has 0 spiro atoms. The number of nitrogens with two attached hydrogens (primary N) is 1. The summed E-state index contributed by atoms with van der Waals surface area (Å²) < 4.78 is 10.5. The van der Waals surface area contributed by atoms with Gasteiger partial charge in [-0.25, -0.2) is 4.79 Å². The molecule has 1 amide bonds. The van der Waals surface area contributed by atoms with Gasteiger partial charge in [0.2, 0.25) is 0 Å². The van der Waals surface area contributed by atoms with E-state index in [0.717, 1.165) is 25.0 Å². The third-order valence-corrected chi connectivity index (χ3v) is 3.49. The zero-order valence-electron chi connectivity index (χ0n) is 11.1. The Bertz CT molecular complexity index is 419. The lowest BCUT2D eigenvalue weighted by Crippen LogP contribution is -2.29. The van der Waals surface area contributed by atoms with Crippen molar-refractivity contribution in [3.8, 4) is 5.75 Å². The summed E-state index contributed by atoms with van der Waals surface area (Å²) in [5.41, 5.74) is 6.35. The zero-order valence-corrected chi connectivity index (χ0v) is 11.1. The normalized spacial score (nSPS) is 22.0. The maximum Gasteiger partial charge on any atom is 0.411 e. The number of carbonyl (C=O) groups excluding carboxylic acids is 1. The Morgan fingerprint density at radius 2 is 2.11 bits per heavy atom. The first-order valence-corrected chi connectivity index (χ1v) is 6.54. The summed E-state index contributed by atoms with van der Waals surface area (Å²) in [5, 5.41) is 2.71. The van der Waals surface area contributed by atoms with Gasteiger partial charge in [0.15, 0.2) is 0 Å². The fraction of sp³-hybridized carbons (Fsp3) is 0.500. The second-order valence-corrected chi connectivity index (χ2v) is 4.72. The summed E-state index contributed by atoms with van der Waals surface area (Å²) in [6, 6.07) is 7.12. The molecule has 1 aromatic rings. The van der Waals surface area contributed by atoms with E-state index in [1.54, 1.807) is 31.4 Å². The van der Waals surface area contributed by atoms with E-state index >= 15 is 0 Å². The van der Waals surface area contributed by atoms with Crippen molar-refractivity contribution in [3.63, 3.8) is 0 Å². The summed E-state index contributed by atoms with van der Waals surface area (Å²) >= 11 is 0. The van der Waals surface area contributed by atoms with Crippen LogP contribution in [0.15, 0.2) is 24.3 Å². The van der Waals surface area contributed by atoms with E-state index in [1.807, 2.05) is 0 Å². The Morgan fingerprint density at radius 1 is 1.37 bits per heavy atom. The largest absolute Gasteiger partial charge is 0.497 e. The molecule has 2 rings (SSSR count). The molecule has 0 heterocycles. The Hall–Kier alpha value is -1.75. The van der Waals surface area contributed by atoms with Crippen LogP contribution in [0.2, 0.25) is 0 Å². The lowest BCUT2D eigenvalue weighted by atomic mass is 10.1. The molecular weight excluding hydrogens is 244 g/mol. The number of anilines is 1.